The number of nitrogens with zero attached hydrogens (tertiary/aromatic N) is 1. The Kier molecular flexibility index (Phi) is 6.53. The van der Waals surface area contributed by atoms with Gasteiger partial charge in [0, 0.05) is 27.7 Å². The van der Waals surface area contributed by atoms with Crippen LogP contribution in [0.15, 0.2) is 188 Å². The van der Waals surface area contributed by atoms with Gasteiger partial charge in [0.05, 0.1) is 5.69 Å². The van der Waals surface area contributed by atoms with Crippen LogP contribution in [0, 0.1) is 0 Å². The Morgan fingerprint density at radius 2 is 1.00 bits per heavy atom. The second kappa shape index (κ2) is 11.5. The number of hydrogen-bond acceptors (Lipinski definition) is 2. The van der Waals surface area contributed by atoms with E-state index in [9.17, 15) is 0 Å². The highest BCUT2D eigenvalue weighted by Gasteiger charge is 2.21. The Morgan fingerprint density at radius 1 is 0.340 bits per heavy atom. The van der Waals surface area contributed by atoms with Gasteiger partial charge >= 0.3 is 0 Å². The first-order valence-electron chi connectivity index (χ1n) is 17.1. The van der Waals surface area contributed by atoms with E-state index in [-0.39, 0.29) is 0 Å². The summed E-state index contributed by atoms with van der Waals surface area (Å²) in [6, 6.07) is 67.6. The van der Waals surface area contributed by atoms with E-state index in [1.54, 1.807) is 0 Å². The molecular weight excluding hydrogens is 607 g/mol. The molecule has 0 radical (unpaired) electrons. The van der Waals surface area contributed by atoms with Gasteiger partial charge in [0.2, 0.25) is 0 Å². The van der Waals surface area contributed by atoms with Gasteiger partial charge in [-0.25, -0.2) is 0 Å². The molecule has 9 aromatic carbocycles. The lowest BCUT2D eigenvalue weighted by Crippen LogP contribution is -2.10. The van der Waals surface area contributed by atoms with E-state index in [4.69, 9.17) is 4.74 Å². The van der Waals surface area contributed by atoms with Crippen molar-refractivity contribution in [3.8, 4) is 44.9 Å². The quantitative estimate of drug-likeness (QED) is 0.186. The average Bonchev–Trinajstić information content (AvgIpc) is 3.18. The van der Waals surface area contributed by atoms with Crippen molar-refractivity contribution in [2.75, 3.05) is 4.90 Å². The summed E-state index contributed by atoms with van der Waals surface area (Å²) in [5.41, 5.74) is 10.4. The van der Waals surface area contributed by atoms with Crippen molar-refractivity contribution in [3.05, 3.63) is 188 Å². The number of anilines is 3. The van der Waals surface area contributed by atoms with Crippen molar-refractivity contribution in [3.63, 3.8) is 0 Å². The highest BCUT2D eigenvalue weighted by atomic mass is 16.5. The molecule has 0 saturated heterocycles. The maximum absolute atomic E-state index is 6.41. The van der Waals surface area contributed by atoms with Crippen molar-refractivity contribution in [1.29, 1.82) is 0 Å². The van der Waals surface area contributed by atoms with E-state index in [1.165, 1.54) is 49.0 Å². The largest absolute Gasteiger partial charge is 0.456 e. The molecule has 0 aliphatic carbocycles. The molecule has 0 spiro atoms. The Labute approximate surface area is 291 Å². The summed E-state index contributed by atoms with van der Waals surface area (Å²) in [6.07, 6.45) is 0. The topological polar surface area (TPSA) is 12.5 Å². The van der Waals surface area contributed by atoms with E-state index in [0.29, 0.717) is 0 Å². The van der Waals surface area contributed by atoms with E-state index >= 15 is 0 Å². The fourth-order valence-corrected chi connectivity index (χ4v) is 7.57. The van der Waals surface area contributed by atoms with Gasteiger partial charge in [-0.1, -0.05) is 133 Å². The molecule has 2 heteroatoms. The number of fused-ring (bicyclic) bond motifs is 4. The lowest BCUT2D eigenvalue weighted by Gasteiger charge is -2.27. The standard InChI is InChI=1S/C48H31NO/c1-2-11-36-29-38(22-21-32(36)9-1)33-23-26-40(27-24-33)49(45-19-7-12-34-10-3-4-17-42(34)45)41-16-5-15-37(30-41)39-25-28-46-44(31-39)43-18-6-13-35-14-8-20-47(50-46)48(35)43/h1-31H. The number of rotatable bonds is 5. The Bertz CT molecular complexity index is 2730. The van der Waals surface area contributed by atoms with Crippen molar-refractivity contribution in [1.82, 2.24) is 0 Å². The van der Waals surface area contributed by atoms with Gasteiger partial charge in [-0.05, 0) is 104 Å². The molecule has 0 saturated carbocycles. The number of benzene rings is 9. The average molecular weight is 638 g/mol. The summed E-state index contributed by atoms with van der Waals surface area (Å²) >= 11 is 0. The summed E-state index contributed by atoms with van der Waals surface area (Å²) in [5, 5.41) is 7.28. The van der Waals surface area contributed by atoms with Gasteiger partial charge in [0.25, 0.3) is 0 Å². The summed E-state index contributed by atoms with van der Waals surface area (Å²) in [4.78, 5) is 2.38. The van der Waals surface area contributed by atoms with Gasteiger partial charge in [-0.3, -0.25) is 0 Å². The third-order valence-electron chi connectivity index (χ3n) is 10.0. The van der Waals surface area contributed by atoms with Crippen molar-refractivity contribution >= 4 is 49.4 Å². The lowest BCUT2D eigenvalue weighted by atomic mass is 9.92. The second-order valence-electron chi connectivity index (χ2n) is 13.0. The van der Waals surface area contributed by atoms with Crippen LogP contribution in [0.5, 0.6) is 11.5 Å². The van der Waals surface area contributed by atoms with Crippen molar-refractivity contribution in [2.45, 2.75) is 0 Å². The first kappa shape index (κ1) is 28.4. The predicted molar refractivity (Wildman–Crippen MR) is 210 cm³/mol. The van der Waals surface area contributed by atoms with Crippen LogP contribution < -0.4 is 9.64 Å². The van der Waals surface area contributed by atoms with Crippen LogP contribution in [0.1, 0.15) is 0 Å². The van der Waals surface area contributed by atoms with Crippen LogP contribution in [-0.4, -0.2) is 0 Å². The molecule has 1 heterocycles. The molecular formula is C48H31NO. The van der Waals surface area contributed by atoms with Crippen LogP contribution in [0.25, 0.3) is 65.7 Å². The predicted octanol–water partition coefficient (Wildman–Crippen LogP) is 13.7. The minimum atomic E-state index is 0.889. The first-order valence-corrected chi connectivity index (χ1v) is 17.1. The molecule has 0 atom stereocenters. The summed E-state index contributed by atoms with van der Waals surface area (Å²) in [5.74, 6) is 1.80. The van der Waals surface area contributed by atoms with Crippen LogP contribution in [0.2, 0.25) is 0 Å². The highest BCUT2D eigenvalue weighted by Crippen LogP contribution is 2.48. The molecule has 0 unspecified atom stereocenters. The normalized spacial score (nSPS) is 11.8. The fraction of sp³-hybridized carbons (Fsp3) is 0. The molecule has 234 valence electrons. The minimum Gasteiger partial charge on any atom is -0.456 e. The van der Waals surface area contributed by atoms with Crippen LogP contribution in [-0.2, 0) is 0 Å². The smallest absolute Gasteiger partial charge is 0.135 e. The third kappa shape index (κ3) is 4.73. The Morgan fingerprint density at radius 3 is 1.90 bits per heavy atom. The van der Waals surface area contributed by atoms with Gasteiger partial charge in [-0.15, -0.1) is 0 Å². The summed E-state index contributed by atoms with van der Waals surface area (Å²) in [7, 11) is 0. The summed E-state index contributed by atoms with van der Waals surface area (Å²) < 4.78 is 6.41. The zero-order valence-corrected chi connectivity index (χ0v) is 27.3. The molecule has 9 aromatic rings. The molecule has 1 aliphatic rings. The minimum absolute atomic E-state index is 0.889. The SMILES string of the molecule is c1cc(-c2ccc3c(c2)-c2cccc4cccc(c24)O3)cc(N(c2ccc(-c3ccc4ccccc4c3)cc2)c2cccc3ccccc23)c1. The Balaban J connectivity index is 1.09. The van der Waals surface area contributed by atoms with Crippen LogP contribution in [0.4, 0.5) is 17.1 Å². The number of ether oxygens (including phenoxy) is 1. The van der Waals surface area contributed by atoms with Crippen LogP contribution in [0.3, 0.4) is 0 Å². The third-order valence-corrected chi connectivity index (χ3v) is 10.0. The first-order chi connectivity index (χ1) is 24.8. The molecule has 1 aliphatic heterocycles. The lowest BCUT2D eigenvalue weighted by molar-refractivity contribution is 0.487. The number of hydrogen-bond donors (Lipinski definition) is 0. The Hall–Kier alpha value is -6.64. The zero-order chi connectivity index (χ0) is 33.0. The molecule has 10 rings (SSSR count). The van der Waals surface area contributed by atoms with Gasteiger partial charge in [-0.2, -0.15) is 0 Å². The fourth-order valence-electron chi connectivity index (χ4n) is 7.57. The molecule has 50 heavy (non-hydrogen) atoms. The monoisotopic (exact) mass is 637 g/mol. The highest BCUT2D eigenvalue weighted by molar-refractivity contribution is 6.05. The van der Waals surface area contributed by atoms with Crippen LogP contribution >= 0.6 is 0 Å². The van der Waals surface area contributed by atoms with Crippen molar-refractivity contribution in [2.24, 2.45) is 0 Å². The molecule has 0 bridgehead atoms. The molecule has 0 fully saturated rings. The van der Waals surface area contributed by atoms with E-state index in [0.717, 1.165) is 45.3 Å². The zero-order valence-electron chi connectivity index (χ0n) is 27.3. The van der Waals surface area contributed by atoms with Crippen molar-refractivity contribution < 1.29 is 4.74 Å². The molecule has 0 aromatic heterocycles. The second-order valence-corrected chi connectivity index (χ2v) is 13.0. The molecule has 0 amide bonds. The van der Waals surface area contributed by atoms with Gasteiger partial charge in [0.1, 0.15) is 11.5 Å². The van der Waals surface area contributed by atoms with E-state index < -0.39 is 0 Å². The molecule has 0 N–H and O–H groups in total. The molecule has 2 nitrogen and oxygen atoms in total. The van der Waals surface area contributed by atoms with Gasteiger partial charge in [0.15, 0.2) is 0 Å². The maximum atomic E-state index is 6.41. The van der Waals surface area contributed by atoms with E-state index in [1.807, 2.05) is 0 Å². The maximum Gasteiger partial charge on any atom is 0.135 e. The summed E-state index contributed by atoms with van der Waals surface area (Å²) in [6.45, 7) is 0. The van der Waals surface area contributed by atoms with Gasteiger partial charge < -0.3 is 9.64 Å². The van der Waals surface area contributed by atoms with E-state index in [2.05, 4.69) is 193 Å².